The SMILES string of the molecule is CC(O)CN(C)C(=O)C#Cc1ccccc1. The first-order valence-electron chi connectivity index (χ1n) is 5.10. The normalized spacial score (nSPS) is 11.2. The van der Waals surface area contributed by atoms with Gasteiger partial charge in [-0.25, -0.2) is 0 Å². The van der Waals surface area contributed by atoms with Crippen molar-refractivity contribution in [1.82, 2.24) is 4.90 Å². The lowest BCUT2D eigenvalue weighted by molar-refractivity contribution is -0.124. The van der Waals surface area contributed by atoms with E-state index in [4.69, 9.17) is 5.11 Å². The van der Waals surface area contributed by atoms with Crippen molar-refractivity contribution in [3.8, 4) is 11.8 Å². The molecule has 1 N–H and O–H groups in total. The van der Waals surface area contributed by atoms with Crippen LogP contribution < -0.4 is 0 Å². The Kier molecular flexibility index (Phi) is 4.56. The average molecular weight is 217 g/mol. The topological polar surface area (TPSA) is 40.5 Å². The first kappa shape index (κ1) is 12.3. The van der Waals surface area contributed by atoms with Crippen LogP contribution in [-0.4, -0.2) is 35.6 Å². The summed E-state index contributed by atoms with van der Waals surface area (Å²) in [6, 6.07) is 9.32. The van der Waals surface area contributed by atoms with Gasteiger partial charge in [-0.05, 0) is 19.1 Å². The van der Waals surface area contributed by atoms with Crippen LogP contribution in [0.4, 0.5) is 0 Å². The Bertz CT molecular complexity index is 401. The molecule has 3 nitrogen and oxygen atoms in total. The molecule has 0 aliphatic heterocycles. The first-order valence-corrected chi connectivity index (χ1v) is 5.10. The van der Waals surface area contributed by atoms with Gasteiger partial charge in [0.25, 0.3) is 5.91 Å². The number of benzene rings is 1. The van der Waals surface area contributed by atoms with Crippen molar-refractivity contribution < 1.29 is 9.90 Å². The first-order chi connectivity index (χ1) is 7.59. The van der Waals surface area contributed by atoms with E-state index in [1.54, 1.807) is 14.0 Å². The molecule has 0 heterocycles. The van der Waals surface area contributed by atoms with Crippen LogP contribution in [0.3, 0.4) is 0 Å². The van der Waals surface area contributed by atoms with Gasteiger partial charge < -0.3 is 10.0 Å². The molecule has 0 saturated carbocycles. The van der Waals surface area contributed by atoms with E-state index in [1.165, 1.54) is 4.90 Å². The molecule has 1 unspecified atom stereocenters. The summed E-state index contributed by atoms with van der Waals surface area (Å²) in [7, 11) is 1.62. The second-order valence-corrected chi connectivity index (χ2v) is 3.65. The largest absolute Gasteiger partial charge is 0.392 e. The zero-order valence-corrected chi connectivity index (χ0v) is 9.47. The lowest BCUT2D eigenvalue weighted by Gasteiger charge is -2.15. The minimum Gasteiger partial charge on any atom is -0.392 e. The van der Waals surface area contributed by atoms with Crippen LogP contribution in [0.1, 0.15) is 12.5 Å². The molecule has 0 aliphatic rings. The van der Waals surface area contributed by atoms with Gasteiger partial charge in [0.15, 0.2) is 0 Å². The van der Waals surface area contributed by atoms with Crippen molar-refractivity contribution in [3.63, 3.8) is 0 Å². The zero-order valence-electron chi connectivity index (χ0n) is 9.47. The number of carbonyl (C=O) groups is 1. The molecule has 84 valence electrons. The summed E-state index contributed by atoms with van der Waals surface area (Å²) in [5.41, 5.74) is 0.807. The predicted octanol–water partition coefficient (Wildman–Crippen LogP) is 0.877. The molecule has 0 radical (unpaired) electrons. The van der Waals surface area contributed by atoms with E-state index in [9.17, 15) is 4.79 Å². The molecule has 0 aromatic heterocycles. The van der Waals surface area contributed by atoms with Crippen LogP contribution >= 0.6 is 0 Å². The Morgan fingerprint density at radius 2 is 2.06 bits per heavy atom. The number of hydrogen-bond donors (Lipinski definition) is 1. The summed E-state index contributed by atoms with van der Waals surface area (Å²) in [6.45, 7) is 1.93. The van der Waals surface area contributed by atoms with Crippen molar-refractivity contribution in [2.24, 2.45) is 0 Å². The molecule has 0 aliphatic carbocycles. The Morgan fingerprint density at radius 1 is 1.44 bits per heavy atom. The van der Waals surface area contributed by atoms with E-state index in [0.29, 0.717) is 6.54 Å². The van der Waals surface area contributed by atoms with E-state index < -0.39 is 6.10 Å². The number of likely N-dealkylation sites (N-methyl/N-ethyl adjacent to an activating group) is 1. The summed E-state index contributed by atoms with van der Waals surface area (Å²) in [4.78, 5) is 12.9. The standard InChI is InChI=1S/C13H15NO2/c1-11(15)10-14(2)13(16)9-8-12-6-4-3-5-7-12/h3-7,11,15H,10H2,1-2H3. The fourth-order valence-corrected chi connectivity index (χ4v) is 1.22. The van der Waals surface area contributed by atoms with Gasteiger partial charge in [0.05, 0.1) is 6.10 Å². The Labute approximate surface area is 95.7 Å². The van der Waals surface area contributed by atoms with E-state index in [0.717, 1.165) is 5.56 Å². The molecule has 1 aromatic rings. The number of hydrogen-bond acceptors (Lipinski definition) is 2. The predicted molar refractivity (Wildman–Crippen MR) is 62.6 cm³/mol. The summed E-state index contributed by atoms with van der Waals surface area (Å²) >= 11 is 0. The highest BCUT2D eigenvalue weighted by atomic mass is 16.3. The summed E-state index contributed by atoms with van der Waals surface area (Å²) in [5.74, 6) is 5.02. The smallest absolute Gasteiger partial charge is 0.298 e. The lowest BCUT2D eigenvalue weighted by Crippen LogP contribution is -2.32. The fourth-order valence-electron chi connectivity index (χ4n) is 1.22. The van der Waals surface area contributed by atoms with E-state index >= 15 is 0 Å². The summed E-state index contributed by atoms with van der Waals surface area (Å²) in [6.07, 6.45) is -0.535. The van der Waals surface area contributed by atoms with E-state index in [-0.39, 0.29) is 5.91 Å². The third-order valence-electron chi connectivity index (χ3n) is 1.97. The van der Waals surface area contributed by atoms with Gasteiger partial charge in [0.1, 0.15) is 0 Å². The number of aliphatic hydroxyl groups is 1. The monoisotopic (exact) mass is 217 g/mol. The number of aliphatic hydroxyl groups excluding tert-OH is 1. The second-order valence-electron chi connectivity index (χ2n) is 3.65. The maximum atomic E-state index is 11.5. The zero-order chi connectivity index (χ0) is 12.0. The molecule has 0 fully saturated rings. The van der Waals surface area contributed by atoms with Gasteiger partial charge in [-0.1, -0.05) is 24.1 Å². The number of nitrogens with zero attached hydrogens (tertiary/aromatic N) is 1. The van der Waals surface area contributed by atoms with Gasteiger partial charge in [-0.3, -0.25) is 4.79 Å². The average Bonchev–Trinajstić information content (AvgIpc) is 2.26. The maximum Gasteiger partial charge on any atom is 0.298 e. The van der Waals surface area contributed by atoms with Crippen molar-refractivity contribution in [1.29, 1.82) is 0 Å². The molecular weight excluding hydrogens is 202 g/mol. The van der Waals surface area contributed by atoms with Gasteiger partial charge in [0.2, 0.25) is 0 Å². The minimum atomic E-state index is -0.535. The molecule has 1 atom stereocenters. The van der Waals surface area contributed by atoms with Crippen LogP contribution in [0.2, 0.25) is 0 Å². The van der Waals surface area contributed by atoms with Crippen LogP contribution in [0.15, 0.2) is 30.3 Å². The van der Waals surface area contributed by atoms with Crippen LogP contribution in [0.5, 0.6) is 0 Å². The maximum absolute atomic E-state index is 11.5. The number of amides is 1. The van der Waals surface area contributed by atoms with Crippen molar-refractivity contribution in [3.05, 3.63) is 35.9 Å². The highest BCUT2D eigenvalue weighted by Crippen LogP contribution is 1.95. The molecule has 16 heavy (non-hydrogen) atoms. The van der Waals surface area contributed by atoms with Crippen molar-refractivity contribution in [2.75, 3.05) is 13.6 Å². The van der Waals surface area contributed by atoms with Crippen LogP contribution in [0.25, 0.3) is 0 Å². The highest BCUT2D eigenvalue weighted by Gasteiger charge is 2.07. The molecule has 0 spiro atoms. The van der Waals surface area contributed by atoms with Crippen LogP contribution in [0, 0.1) is 11.8 Å². The number of carbonyl (C=O) groups excluding carboxylic acids is 1. The Morgan fingerprint density at radius 3 is 2.62 bits per heavy atom. The van der Waals surface area contributed by atoms with E-state index in [1.807, 2.05) is 30.3 Å². The fraction of sp³-hybridized carbons (Fsp3) is 0.308. The second kappa shape index (κ2) is 5.94. The molecule has 3 heteroatoms. The van der Waals surface area contributed by atoms with E-state index in [2.05, 4.69) is 11.8 Å². The van der Waals surface area contributed by atoms with Gasteiger partial charge >= 0.3 is 0 Å². The molecule has 1 rings (SSSR count). The molecular formula is C13H15NO2. The third-order valence-corrected chi connectivity index (χ3v) is 1.97. The van der Waals surface area contributed by atoms with Crippen molar-refractivity contribution >= 4 is 5.91 Å². The molecule has 0 bridgehead atoms. The van der Waals surface area contributed by atoms with Crippen LogP contribution in [-0.2, 0) is 4.79 Å². The molecule has 1 aromatic carbocycles. The highest BCUT2D eigenvalue weighted by molar-refractivity contribution is 5.93. The molecule has 1 amide bonds. The number of rotatable bonds is 2. The minimum absolute atomic E-state index is 0.287. The summed E-state index contributed by atoms with van der Waals surface area (Å²) < 4.78 is 0. The lowest BCUT2D eigenvalue weighted by atomic mass is 10.2. The van der Waals surface area contributed by atoms with Gasteiger partial charge in [-0.15, -0.1) is 0 Å². The Hall–Kier alpha value is -1.79. The third kappa shape index (κ3) is 4.16. The molecule has 0 saturated heterocycles. The van der Waals surface area contributed by atoms with Crippen molar-refractivity contribution in [2.45, 2.75) is 13.0 Å². The quantitative estimate of drug-likeness (QED) is 0.747. The van der Waals surface area contributed by atoms with Gasteiger partial charge in [0, 0.05) is 25.1 Å². The van der Waals surface area contributed by atoms with Gasteiger partial charge in [-0.2, -0.15) is 0 Å². The summed E-state index contributed by atoms with van der Waals surface area (Å²) in [5, 5.41) is 9.11. The Balaban J connectivity index is 2.61.